The number of rotatable bonds is 10. The zero-order valence-electron chi connectivity index (χ0n) is 24.3. The molecule has 42 heavy (non-hydrogen) atoms. The summed E-state index contributed by atoms with van der Waals surface area (Å²) in [5.41, 5.74) is 3.06. The van der Waals surface area contributed by atoms with Crippen molar-refractivity contribution in [2.45, 2.75) is 78.0 Å². The Morgan fingerprint density at radius 2 is 1.98 bits per heavy atom. The summed E-state index contributed by atoms with van der Waals surface area (Å²) in [6, 6.07) is 13.9. The predicted octanol–water partition coefficient (Wildman–Crippen LogP) is 5.09. The van der Waals surface area contributed by atoms with Crippen LogP contribution in [0.25, 0.3) is 16.9 Å². The second-order valence-electron chi connectivity index (χ2n) is 10.6. The minimum atomic E-state index is -0.698. The van der Waals surface area contributed by atoms with Crippen LogP contribution in [0, 0.1) is 24.1 Å². The van der Waals surface area contributed by atoms with Crippen LogP contribution >= 0.6 is 0 Å². The molecule has 0 amide bonds. The van der Waals surface area contributed by atoms with Crippen LogP contribution in [0.4, 0.5) is 4.39 Å². The number of halogens is 1. The SMILES string of the molecule is CCCc1c(Cc2ccc(-c3ccccc3C#N)cc2F)c(=O)n(C2CC(OC(C)C(=O)OCC)C2)c2nc(C)nn12. The van der Waals surface area contributed by atoms with Gasteiger partial charge < -0.3 is 9.47 Å². The molecule has 2 aromatic heterocycles. The monoisotopic (exact) mass is 571 g/mol. The number of carbonyl (C=O) groups excluding carboxylic acids is 1. The molecule has 0 aliphatic heterocycles. The van der Waals surface area contributed by atoms with E-state index < -0.39 is 17.9 Å². The highest BCUT2D eigenvalue weighted by Gasteiger charge is 2.37. The first kappa shape index (κ1) is 29.1. The summed E-state index contributed by atoms with van der Waals surface area (Å²) in [5, 5.41) is 14.1. The smallest absolute Gasteiger partial charge is 0.334 e. The molecule has 1 saturated carbocycles. The number of nitrogens with zero attached hydrogens (tertiary/aromatic N) is 5. The van der Waals surface area contributed by atoms with E-state index in [0.717, 1.165) is 12.1 Å². The van der Waals surface area contributed by atoms with E-state index in [9.17, 15) is 14.9 Å². The van der Waals surface area contributed by atoms with Crippen molar-refractivity contribution in [1.82, 2.24) is 19.2 Å². The Morgan fingerprint density at radius 3 is 2.67 bits per heavy atom. The zero-order chi connectivity index (χ0) is 30.0. The van der Waals surface area contributed by atoms with Gasteiger partial charge in [0.15, 0.2) is 6.10 Å². The highest BCUT2D eigenvalue weighted by Crippen LogP contribution is 2.36. The summed E-state index contributed by atoms with van der Waals surface area (Å²) in [4.78, 5) is 30.7. The number of fused-ring (bicyclic) bond motifs is 1. The van der Waals surface area contributed by atoms with Gasteiger partial charge in [-0.15, -0.1) is 0 Å². The van der Waals surface area contributed by atoms with Gasteiger partial charge in [0.25, 0.3) is 5.56 Å². The largest absolute Gasteiger partial charge is 0.464 e. The van der Waals surface area contributed by atoms with Crippen LogP contribution in [-0.4, -0.2) is 43.9 Å². The highest BCUT2D eigenvalue weighted by molar-refractivity contribution is 5.74. The van der Waals surface area contributed by atoms with Gasteiger partial charge in [-0.2, -0.15) is 15.3 Å². The maximum Gasteiger partial charge on any atom is 0.334 e. The van der Waals surface area contributed by atoms with Crippen LogP contribution in [0.2, 0.25) is 0 Å². The summed E-state index contributed by atoms with van der Waals surface area (Å²) in [6.07, 6.45) is 1.58. The van der Waals surface area contributed by atoms with Gasteiger partial charge in [-0.25, -0.2) is 13.7 Å². The predicted molar refractivity (Wildman–Crippen MR) is 155 cm³/mol. The van der Waals surface area contributed by atoms with E-state index in [-0.39, 0.29) is 30.7 Å². The lowest BCUT2D eigenvalue weighted by atomic mass is 9.88. The van der Waals surface area contributed by atoms with Crippen molar-refractivity contribution < 1.29 is 18.7 Å². The molecule has 0 spiro atoms. The standard InChI is InChI=1S/C32H34FN5O4/c1-5-9-29-27(14-22-13-12-21(15-28(22)33)26-11-8-7-10-23(26)18-34)30(39)37(32-35-20(4)36-38(29)32)24-16-25(17-24)42-19(3)31(40)41-6-2/h7-8,10-13,15,19,24-25H,5-6,9,14,16-17H2,1-4H3. The minimum Gasteiger partial charge on any atom is -0.464 e. The van der Waals surface area contributed by atoms with Crippen molar-refractivity contribution in [2.24, 2.45) is 0 Å². The number of ether oxygens (including phenoxy) is 2. The third-order valence-electron chi connectivity index (χ3n) is 7.71. The normalized spacial score (nSPS) is 17.0. The fourth-order valence-corrected chi connectivity index (χ4v) is 5.57. The fourth-order valence-electron chi connectivity index (χ4n) is 5.57. The van der Waals surface area contributed by atoms with Crippen molar-refractivity contribution in [3.63, 3.8) is 0 Å². The highest BCUT2D eigenvalue weighted by atomic mass is 19.1. The van der Waals surface area contributed by atoms with E-state index in [1.54, 1.807) is 60.2 Å². The topological polar surface area (TPSA) is 112 Å². The second-order valence-corrected chi connectivity index (χ2v) is 10.6. The molecule has 10 heteroatoms. The van der Waals surface area contributed by atoms with Crippen LogP contribution in [0.1, 0.15) is 74.3 Å². The Balaban J connectivity index is 1.50. The van der Waals surface area contributed by atoms with Gasteiger partial charge in [0.2, 0.25) is 5.78 Å². The maximum absolute atomic E-state index is 15.6. The van der Waals surface area contributed by atoms with E-state index in [1.165, 1.54) is 6.07 Å². The van der Waals surface area contributed by atoms with Crippen LogP contribution in [0.3, 0.4) is 0 Å². The molecule has 1 fully saturated rings. The third-order valence-corrected chi connectivity index (χ3v) is 7.71. The first-order valence-electron chi connectivity index (χ1n) is 14.3. The van der Waals surface area contributed by atoms with E-state index in [0.29, 0.717) is 58.7 Å². The van der Waals surface area contributed by atoms with Gasteiger partial charge in [0, 0.05) is 18.0 Å². The van der Waals surface area contributed by atoms with Gasteiger partial charge in [-0.1, -0.05) is 43.7 Å². The van der Waals surface area contributed by atoms with Gasteiger partial charge in [-0.05, 0) is 68.9 Å². The van der Waals surface area contributed by atoms with E-state index in [4.69, 9.17) is 9.47 Å². The number of hydrogen-bond acceptors (Lipinski definition) is 7. The van der Waals surface area contributed by atoms with Crippen molar-refractivity contribution in [2.75, 3.05) is 6.61 Å². The first-order chi connectivity index (χ1) is 20.2. The van der Waals surface area contributed by atoms with Gasteiger partial charge in [0.05, 0.1) is 30.0 Å². The lowest BCUT2D eigenvalue weighted by Crippen LogP contribution is -2.43. The summed E-state index contributed by atoms with van der Waals surface area (Å²) in [7, 11) is 0. The third kappa shape index (κ3) is 5.57. The van der Waals surface area contributed by atoms with E-state index in [1.807, 2.05) is 13.0 Å². The average molecular weight is 572 g/mol. The van der Waals surface area contributed by atoms with Crippen LogP contribution in [-0.2, 0) is 27.1 Å². The van der Waals surface area contributed by atoms with E-state index >= 15 is 4.39 Å². The molecule has 0 saturated heterocycles. The van der Waals surface area contributed by atoms with Crippen LogP contribution in [0.5, 0.6) is 0 Å². The summed E-state index contributed by atoms with van der Waals surface area (Å²) in [5.74, 6) is 0.125. The summed E-state index contributed by atoms with van der Waals surface area (Å²) >= 11 is 0. The molecule has 1 aliphatic rings. The maximum atomic E-state index is 15.6. The molecular formula is C32H34FN5O4. The van der Waals surface area contributed by atoms with Crippen LogP contribution < -0.4 is 5.56 Å². The first-order valence-corrected chi connectivity index (χ1v) is 14.3. The molecule has 2 aromatic carbocycles. The molecular weight excluding hydrogens is 537 g/mol. The Bertz CT molecular complexity index is 1730. The van der Waals surface area contributed by atoms with E-state index in [2.05, 4.69) is 16.2 Å². The lowest BCUT2D eigenvalue weighted by molar-refractivity contribution is -0.163. The number of nitriles is 1. The van der Waals surface area contributed by atoms with Crippen molar-refractivity contribution in [3.8, 4) is 17.2 Å². The Labute approximate surface area is 243 Å². The van der Waals surface area contributed by atoms with Crippen LogP contribution in [0.15, 0.2) is 47.3 Å². The van der Waals surface area contributed by atoms with Gasteiger partial charge in [-0.3, -0.25) is 9.36 Å². The number of benzene rings is 2. The molecule has 0 N–H and O–H groups in total. The summed E-state index contributed by atoms with van der Waals surface area (Å²) < 4.78 is 29.9. The Morgan fingerprint density at radius 1 is 1.21 bits per heavy atom. The molecule has 1 aliphatic carbocycles. The van der Waals surface area contributed by atoms with Crippen molar-refractivity contribution in [1.29, 1.82) is 5.26 Å². The Kier molecular flexibility index (Phi) is 8.50. The molecule has 2 heterocycles. The number of esters is 1. The molecule has 1 unspecified atom stereocenters. The fraction of sp³-hybridized carbons (Fsp3) is 0.406. The average Bonchev–Trinajstić information content (AvgIpc) is 3.34. The van der Waals surface area contributed by atoms with Gasteiger partial charge in [0.1, 0.15) is 11.6 Å². The molecule has 0 bridgehead atoms. The quantitative estimate of drug-likeness (QED) is 0.244. The molecule has 9 nitrogen and oxygen atoms in total. The molecule has 5 rings (SSSR count). The number of aryl methyl sites for hydroxylation is 2. The lowest BCUT2D eigenvalue weighted by Gasteiger charge is -2.37. The molecule has 1 atom stereocenters. The Hall–Kier alpha value is -4.36. The van der Waals surface area contributed by atoms with Gasteiger partial charge >= 0.3 is 5.97 Å². The molecule has 0 radical (unpaired) electrons. The second kappa shape index (κ2) is 12.2. The minimum absolute atomic E-state index is 0.0849. The van der Waals surface area contributed by atoms with Crippen molar-refractivity contribution in [3.05, 3.63) is 86.8 Å². The number of carbonyl (C=O) groups is 1. The summed E-state index contributed by atoms with van der Waals surface area (Å²) in [6.45, 7) is 7.49. The molecule has 218 valence electrons. The van der Waals surface area contributed by atoms with Crippen molar-refractivity contribution >= 4 is 11.7 Å². The molecule has 4 aromatic rings. The number of hydrogen-bond donors (Lipinski definition) is 0. The zero-order valence-corrected chi connectivity index (χ0v) is 24.3. The number of aromatic nitrogens is 4.